The second kappa shape index (κ2) is 8.90. The summed E-state index contributed by atoms with van der Waals surface area (Å²) in [7, 11) is 0. The van der Waals surface area contributed by atoms with Crippen molar-refractivity contribution < 1.29 is 28.6 Å². The number of carbonyl (C=O) groups is 2. The fourth-order valence-electron chi connectivity index (χ4n) is 5.63. The number of carboxylic acid groups (broad SMARTS) is 1. The fraction of sp³-hybridized carbons (Fsp3) is 0.480. The summed E-state index contributed by atoms with van der Waals surface area (Å²) in [5.74, 6) is -1.13. The Labute approximate surface area is 201 Å². The lowest BCUT2D eigenvalue weighted by Crippen LogP contribution is -2.36. The summed E-state index contributed by atoms with van der Waals surface area (Å²) in [5.41, 5.74) is -0.406. The van der Waals surface area contributed by atoms with E-state index in [-0.39, 0.29) is 41.5 Å². The van der Waals surface area contributed by atoms with E-state index in [9.17, 15) is 19.5 Å². The first-order valence-corrected chi connectivity index (χ1v) is 11.9. The monoisotopic (exact) mass is 485 g/mol. The molecule has 0 saturated carbocycles. The second-order valence-corrected chi connectivity index (χ2v) is 9.43. The number of nitrogens with zero attached hydrogens (tertiary/aromatic N) is 2. The zero-order valence-corrected chi connectivity index (χ0v) is 19.6. The number of hydrogen-bond donors (Lipinski definition) is 2. The number of aromatic nitrogens is 1. The van der Waals surface area contributed by atoms with Crippen LogP contribution in [0.4, 0.5) is 14.9 Å². The van der Waals surface area contributed by atoms with Gasteiger partial charge in [-0.3, -0.25) is 4.79 Å². The maximum atomic E-state index is 15.6. The minimum atomic E-state index is -1.34. The molecule has 1 aromatic carbocycles. The van der Waals surface area contributed by atoms with Crippen LogP contribution in [-0.4, -0.2) is 54.6 Å². The molecule has 4 atom stereocenters. The number of nitrogens with one attached hydrogen (secondary N) is 1. The van der Waals surface area contributed by atoms with Crippen molar-refractivity contribution in [2.24, 2.45) is 17.8 Å². The predicted octanol–water partition coefficient (Wildman–Crippen LogP) is 3.17. The quantitative estimate of drug-likeness (QED) is 0.626. The summed E-state index contributed by atoms with van der Waals surface area (Å²) in [6.45, 7) is 5.75. The van der Waals surface area contributed by atoms with E-state index in [1.165, 1.54) is 6.20 Å². The van der Waals surface area contributed by atoms with Gasteiger partial charge in [0.25, 0.3) is 0 Å². The molecule has 10 heteroatoms. The van der Waals surface area contributed by atoms with E-state index in [4.69, 9.17) is 9.47 Å². The maximum absolute atomic E-state index is 15.6. The Balaban J connectivity index is 1.52. The highest BCUT2D eigenvalue weighted by Crippen LogP contribution is 2.46. The number of hydrogen-bond acceptors (Lipinski definition) is 6. The smallest absolute Gasteiger partial charge is 0.407 e. The Morgan fingerprint density at radius 3 is 2.89 bits per heavy atom. The van der Waals surface area contributed by atoms with Crippen LogP contribution in [0.15, 0.2) is 29.2 Å². The number of rotatable bonds is 5. The van der Waals surface area contributed by atoms with Crippen molar-refractivity contribution in [2.75, 3.05) is 37.7 Å². The number of allylic oxidation sites excluding steroid dienone is 1. The predicted molar refractivity (Wildman–Crippen MR) is 127 cm³/mol. The van der Waals surface area contributed by atoms with E-state index in [2.05, 4.69) is 17.5 Å². The lowest BCUT2D eigenvalue weighted by molar-refractivity contribution is 0.0694. The molecule has 9 nitrogen and oxygen atoms in total. The molecule has 2 aliphatic heterocycles. The van der Waals surface area contributed by atoms with Gasteiger partial charge in [0, 0.05) is 25.8 Å². The van der Waals surface area contributed by atoms with Crippen molar-refractivity contribution in [3.63, 3.8) is 0 Å². The fourth-order valence-corrected chi connectivity index (χ4v) is 5.63. The van der Waals surface area contributed by atoms with Crippen LogP contribution in [0.5, 0.6) is 5.75 Å². The topological polar surface area (TPSA) is 110 Å². The molecule has 5 rings (SSSR count). The number of benzene rings is 1. The van der Waals surface area contributed by atoms with Crippen LogP contribution in [0.1, 0.15) is 36.7 Å². The van der Waals surface area contributed by atoms with Crippen LogP contribution in [0, 0.1) is 23.6 Å². The number of fused-ring (bicyclic) bond motifs is 1. The van der Waals surface area contributed by atoms with Crippen LogP contribution in [0.25, 0.3) is 10.9 Å². The third kappa shape index (κ3) is 3.90. The number of aromatic carboxylic acids is 1. The summed E-state index contributed by atoms with van der Waals surface area (Å²) in [6, 6.07) is 0.919. The highest BCUT2D eigenvalue weighted by Gasteiger charge is 2.41. The molecule has 3 aliphatic rings. The number of anilines is 1. The molecule has 35 heavy (non-hydrogen) atoms. The molecule has 0 bridgehead atoms. The molecule has 186 valence electrons. The third-order valence-corrected chi connectivity index (χ3v) is 7.31. The van der Waals surface area contributed by atoms with Gasteiger partial charge in [0.2, 0.25) is 5.43 Å². The van der Waals surface area contributed by atoms with Gasteiger partial charge < -0.3 is 29.4 Å². The molecule has 0 spiro atoms. The Morgan fingerprint density at radius 2 is 2.14 bits per heavy atom. The number of amides is 1. The normalized spacial score (nSPS) is 24.7. The van der Waals surface area contributed by atoms with Crippen molar-refractivity contribution in [1.29, 1.82) is 0 Å². The Hall–Kier alpha value is -3.56. The number of ether oxygens (including phenoxy) is 2. The van der Waals surface area contributed by atoms with Gasteiger partial charge in [0.1, 0.15) is 17.9 Å². The molecular weight excluding hydrogens is 457 g/mol. The van der Waals surface area contributed by atoms with Gasteiger partial charge in [0.15, 0.2) is 11.6 Å². The van der Waals surface area contributed by atoms with Gasteiger partial charge in [-0.1, -0.05) is 12.2 Å². The SMILES string of the molecule is CCOC(=O)NCC1CC=CC2CN(c3c(F)cc4c(=O)c(C(=O)O)cn5c4c3OCC5C)CC21. The average molecular weight is 486 g/mol. The van der Waals surface area contributed by atoms with Gasteiger partial charge in [-0.2, -0.15) is 0 Å². The van der Waals surface area contributed by atoms with E-state index in [1.54, 1.807) is 11.5 Å². The Bertz CT molecular complexity index is 1290. The van der Waals surface area contributed by atoms with Crippen LogP contribution in [0.3, 0.4) is 0 Å². The highest BCUT2D eigenvalue weighted by molar-refractivity contribution is 5.97. The molecule has 1 saturated heterocycles. The Kier molecular flexibility index (Phi) is 5.90. The largest absolute Gasteiger partial charge is 0.487 e. The highest BCUT2D eigenvalue weighted by atomic mass is 19.1. The lowest BCUT2D eigenvalue weighted by Gasteiger charge is -2.31. The van der Waals surface area contributed by atoms with E-state index >= 15 is 4.39 Å². The van der Waals surface area contributed by atoms with Crippen molar-refractivity contribution in [2.45, 2.75) is 26.3 Å². The van der Waals surface area contributed by atoms with Crippen LogP contribution in [-0.2, 0) is 4.74 Å². The van der Waals surface area contributed by atoms with Gasteiger partial charge in [-0.05, 0) is 44.1 Å². The average Bonchev–Trinajstić information content (AvgIpc) is 3.25. The molecule has 1 amide bonds. The van der Waals surface area contributed by atoms with E-state index in [1.807, 2.05) is 11.8 Å². The first-order valence-electron chi connectivity index (χ1n) is 11.9. The first kappa shape index (κ1) is 23.2. The minimum absolute atomic E-state index is 0.000669. The van der Waals surface area contributed by atoms with Crippen LogP contribution < -0.4 is 20.4 Å². The van der Waals surface area contributed by atoms with Gasteiger partial charge in [-0.25, -0.2) is 14.0 Å². The van der Waals surface area contributed by atoms with Crippen molar-refractivity contribution in [3.05, 3.63) is 46.0 Å². The van der Waals surface area contributed by atoms with Crippen molar-refractivity contribution in [1.82, 2.24) is 9.88 Å². The molecule has 2 aromatic rings. The summed E-state index contributed by atoms with van der Waals surface area (Å²) in [5, 5.41) is 12.3. The molecule has 4 unspecified atom stereocenters. The van der Waals surface area contributed by atoms with Gasteiger partial charge in [0.05, 0.1) is 23.6 Å². The van der Waals surface area contributed by atoms with Crippen LogP contribution >= 0.6 is 0 Å². The number of carbonyl (C=O) groups excluding carboxylic acids is 1. The summed E-state index contributed by atoms with van der Waals surface area (Å²) in [6.07, 6.45) is 5.94. The third-order valence-electron chi connectivity index (χ3n) is 7.31. The van der Waals surface area contributed by atoms with Gasteiger partial charge >= 0.3 is 12.1 Å². The maximum Gasteiger partial charge on any atom is 0.407 e. The minimum Gasteiger partial charge on any atom is -0.487 e. The summed E-state index contributed by atoms with van der Waals surface area (Å²) < 4.78 is 28.3. The summed E-state index contributed by atoms with van der Waals surface area (Å²) >= 11 is 0. The van der Waals surface area contributed by atoms with Crippen molar-refractivity contribution in [3.8, 4) is 5.75 Å². The van der Waals surface area contributed by atoms with E-state index in [0.717, 1.165) is 12.5 Å². The van der Waals surface area contributed by atoms with Gasteiger partial charge in [-0.15, -0.1) is 0 Å². The number of carboxylic acids is 1. The zero-order valence-electron chi connectivity index (χ0n) is 19.6. The second-order valence-electron chi connectivity index (χ2n) is 9.43. The van der Waals surface area contributed by atoms with E-state index < -0.39 is 28.9 Å². The number of alkyl carbamates (subject to hydrolysis) is 1. The van der Waals surface area contributed by atoms with Crippen LogP contribution in [0.2, 0.25) is 0 Å². The molecule has 0 radical (unpaired) electrons. The lowest BCUT2D eigenvalue weighted by atomic mass is 9.78. The molecule has 1 aromatic heterocycles. The van der Waals surface area contributed by atoms with Crippen molar-refractivity contribution >= 4 is 28.7 Å². The molecule has 1 fully saturated rings. The summed E-state index contributed by atoms with van der Waals surface area (Å²) in [4.78, 5) is 38.2. The zero-order chi connectivity index (χ0) is 24.9. The molecule has 3 heterocycles. The standard InChI is InChI=1S/C25H28FN3O6/c1-3-34-25(33)27-8-14-5-4-6-15-9-28(10-17(14)15)21-19(26)7-16-20-23(21)35-12-13(2)29(20)11-18(22(16)30)24(31)32/h4,6-7,11,13-15,17H,3,5,8-10,12H2,1-2H3,(H,27,33)(H,31,32). The number of halogens is 1. The number of pyridine rings is 1. The molecular formula is C25H28FN3O6. The molecule has 1 aliphatic carbocycles. The first-order chi connectivity index (χ1) is 16.8. The molecule has 2 N–H and O–H groups in total. The Morgan fingerprint density at radius 1 is 1.34 bits per heavy atom. The van der Waals surface area contributed by atoms with E-state index in [0.29, 0.717) is 37.4 Å².